The lowest BCUT2D eigenvalue weighted by atomic mass is 9.94. The van der Waals surface area contributed by atoms with Gasteiger partial charge in [-0.1, -0.05) is 49.6 Å². The number of benzene rings is 2. The molecule has 4 heteroatoms. The van der Waals surface area contributed by atoms with Gasteiger partial charge in [-0.15, -0.1) is 0 Å². The van der Waals surface area contributed by atoms with Crippen LogP contribution in [0.3, 0.4) is 0 Å². The Hall–Kier alpha value is -2.59. The molecule has 0 bridgehead atoms. The van der Waals surface area contributed by atoms with Crippen LogP contribution in [0.15, 0.2) is 60.8 Å². The molecular formula is C26H31N3O. The summed E-state index contributed by atoms with van der Waals surface area (Å²) in [6, 6.07) is 19.6. The predicted octanol–water partition coefficient (Wildman–Crippen LogP) is 5.27. The Balaban J connectivity index is 1.25. The van der Waals surface area contributed by atoms with Crippen LogP contribution in [0.2, 0.25) is 0 Å². The van der Waals surface area contributed by atoms with Crippen molar-refractivity contribution >= 4 is 16.6 Å². The summed E-state index contributed by atoms with van der Waals surface area (Å²) in [4.78, 5) is 9.93. The van der Waals surface area contributed by atoms with E-state index in [1.807, 2.05) is 30.5 Å². The van der Waals surface area contributed by atoms with Crippen LogP contribution in [0.5, 0.6) is 5.75 Å². The number of piperazine rings is 1. The molecule has 1 aliphatic heterocycles. The summed E-state index contributed by atoms with van der Waals surface area (Å²) in [5.74, 6) is 0.896. The van der Waals surface area contributed by atoms with Gasteiger partial charge in [0.25, 0.3) is 0 Å². The van der Waals surface area contributed by atoms with Gasteiger partial charge in [0.05, 0.1) is 17.4 Å². The van der Waals surface area contributed by atoms with Gasteiger partial charge in [-0.25, -0.2) is 0 Å². The van der Waals surface area contributed by atoms with Gasteiger partial charge in [0.2, 0.25) is 0 Å². The minimum Gasteiger partial charge on any atom is -0.489 e. The summed E-state index contributed by atoms with van der Waals surface area (Å²) < 4.78 is 6.02. The Morgan fingerprint density at radius 2 is 1.67 bits per heavy atom. The zero-order valence-corrected chi connectivity index (χ0v) is 17.7. The average Bonchev–Trinajstić information content (AvgIpc) is 2.83. The fraction of sp³-hybridized carbons (Fsp3) is 0.423. The van der Waals surface area contributed by atoms with Crippen molar-refractivity contribution < 1.29 is 4.74 Å². The number of pyridine rings is 1. The second-order valence-corrected chi connectivity index (χ2v) is 8.64. The van der Waals surface area contributed by atoms with Gasteiger partial charge in [-0.05, 0) is 42.7 Å². The van der Waals surface area contributed by atoms with E-state index >= 15 is 0 Å². The van der Waals surface area contributed by atoms with Crippen molar-refractivity contribution in [1.82, 2.24) is 9.88 Å². The van der Waals surface area contributed by atoms with E-state index in [9.17, 15) is 0 Å². The zero-order chi connectivity index (χ0) is 20.2. The molecular weight excluding hydrogens is 370 g/mol. The maximum absolute atomic E-state index is 6.02. The molecule has 2 heterocycles. The van der Waals surface area contributed by atoms with Crippen molar-refractivity contribution in [2.45, 2.75) is 44.8 Å². The van der Waals surface area contributed by atoms with Crippen LogP contribution in [-0.4, -0.2) is 42.1 Å². The molecule has 0 unspecified atom stereocenters. The Bertz CT molecular complexity index is 960. The van der Waals surface area contributed by atoms with Gasteiger partial charge in [-0.3, -0.25) is 9.88 Å². The number of hydrogen-bond donors (Lipinski definition) is 0. The lowest BCUT2D eigenvalue weighted by Gasteiger charge is -2.41. The molecule has 0 amide bonds. The van der Waals surface area contributed by atoms with E-state index in [2.05, 4.69) is 40.1 Å². The lowest BCUT2D eigenvalue weighted by Crippen LogP contribution is -2.50. The van der Waals surface area contributed by atoms with Gasteiger partial charge < -0.3 is 9.64 Å². The molecule has 0 radical (unpaired) electrons. The first-order chi connectivity index (χ1) is 14.8. The van der Waals surface area contributed by atoms with Crippen LogP contribution in [0.25, 0.3) is 10.9 Å². The van der Waals surface area contributed by atoms with Crippen molar-refractivity contribution in [3.8, 4) is 5.75 Å². The molecule has 1 saturated heterocycles. The average molecular weight is 402 g/mol. The minimum absolute atomic E-state index is 0.586. The standard InChI is InChI=1S/C26H31N3O/c1-3-7-21(8-4-1)20-30-25-11-12-26-22(18-25)17-24(19-27-26)29-15-13-28(14-16-29)23-9-5-2-6-10-23/h1,3-4,7-8,11-12,17-19,23H,2,5-6,9-10,13-16,20H2. The van der Waals surface area contributed by atoms with E-state index in [0.29, 0.717) is 6.61 Å². The topological polar surface area (TPSA) is 28.6 Å². The Kier molecular flexibility index (Phi) is 5.85. The van der Waals surface area contributed by atoms with Crippen molar-refractivity contribution in [3.05, 3.63) is 66.4 Å². The van der Waals surface area contributed by atoms with Crippen LogP contribution < -0.4 is 9.64 Å². The molecule has 0 N–H and O–H groups in total. The van der Waals surface area contributed by atoms with E-state index in [1.165, 1.54) is 56.4 Å². The third kappa shape index (κ3) is 4.44. The first-order valence-corrected chi connectivity index (χ1v) is 11.4. The van der Waals surface area contributed by atoms with Crippen LogP contribution in [0.1, 0.15) is 37.7 Å². The molecule has 3 aromatic rings. The molecule has 5 rings (SSSR count). The molecule has 2 aliphatic rings. The number of aromatic nitrogens is 1. The summed E-state index contributed by atoms with van der Waals surface area (Å²) in [5, 5.41) is 1.15. The number of anilines is 1. The highest BCUT2D eigenvalue weighted by Gasteiger charge is 2.25. The molecule has 156 valence electrons. The van der Waals surface area contributed by atoms with Crippen LogP contribution in [-0.2, 0) is 6.61 Å². The van der Waals surface area contributed by atoms with Crippen molar-refractivity contribution in [3.63, 3.8) is 0 Å². The van der Waals surface area contributed by atoms with Gasteiger partial charge in [0.1, 0.15) is 12.4 Å². The van der Waals surface area contributed by atoms with Gasteiger partial charge in [0.15, 0.2) is 0 Å². The number of fused-ring (bicyclic) bond motifs is 1. The molecule has 1 saturated carbocycles. The van der Waals surface area contributed by atoms with Gasteiger partial charge in [-0.2, -0.15) is 0 Å². The van der Waals surface area contributed by atoms with E-state index in [0.717, 1.165) is 35.8 Å². The predicted molar refractivity (Wildman–Crippen MR) is 123 cm³/mol. The second kappa shape index (κ2) is 9.05. The van der Waals surface area contributed by atoms with Crippen LogP contribution in [0.4, 0.5) is 5.69 Å². The molecule has 0 atom stereocenters. The van der Waals surface area contributed by atoms with Crippen molar-refractivity contribution in [2.75, 3.05) is 31.1 Å². The SMILES string of the molecule is c1ccc(COc2ccc3ncc(N4CCN(C5CCCCC5)CC4)cc3c2)cc1. The molecule has 2 fully saturated rings. The summed E-state index contributed by atoms with van der Waals surface area (Å²) in [5.41, 5.74) is 3.43. The maximum atomic E-state index is 6.02. The normalized spacial score (nSPS) is 18.6. The van der Waals surface area contributed by atoms with E-state index in [4.69, 9.17) is 9.72 Å². The highest BCUT2D eigenvalue weighted by atomic mass is 16.5. The van der Waals surface area contributed by atoms with E-state index in [-0.39, 0.29) is 0 Å². The largest absolute Gasteiger partial charge is 0.489 e. The maximum Gasteiger partial charge on any atom is 0.120 e. The lowest BCUT2D eigenvalue weighted by molar-refractivity contribution is 0.148. The number of rotatable bonds is 5. The minimum atomic E-state index is 0.586. The molecule has 2 aromatic carbocycles. The molecule has 0 spiro atoms. The quantitative estimate of drug-likeness (QED) is 0.582. The second-order valence-electron chi connectivity index (χ2n) is 8.64. The summed E-state index contributed by atoms with van der Waals surface area (Å²) in [7, 11) is 0. The molecule has 4 nitrogen and oxygen atoms in total. The highest BCUT2D eigenvalue weighted by molar-refractivity contribution is 5.83. The number of ether oxygens (including phenoxy) is 1. The Morgan fingerprint density at radius 1 is 0.867 bits per heavy atom. The van der Waals surface area contributed by atoms with E-state index < -0.39 is 0 Å². The number of nitrogens with zero attached hydrogens (tertiary/aromatic N) is 3. The fourth-order valence-electron chi connectivity index (χ4n) is 4.89. The third-order valence-corrected chi connectivity index (χ3v) is 6.66. The Morgan fingerprint density at radius 3 is 2.47 bits per heavy atom. The van der Waals surface area contributed by atoms with Crippen LogP contribution >= 0.6 is 0 Å². The van der Waals surface area contributed by atoms with Crippen molar-refractivity contribution in [1.29, 1.82) is 0 Å². The van der Waals surface area contributed by atoms with Gasteiger partial charge in [0, 0.05) is 37.6 Å². The number of hydrogen-bond acceptors (Lipinski definition) is 4. The van der Waals surface area contributed by atoms with Crippen molar-refractivity contribution in [2.24, 2.45) is 0 Å². The molecule has 1 aromatic heterocycles. The first kappa shape index (κ1) is 19.4. The Labute approximate surface area is 179 Å². The summed E-state index contributed by atoms with van der Waals surface area (Å²) in [6.07, 6.45) is 9.06. The third-order valence-electron chi connectivity index (χ3n) is 6.66. The van der Waals surface area contributed by atoms with E-state index in [1.54, 1.807) is 0 Å². The fourth-order valence-corrected chi connectivity index (χ4v) is 4.89. The zero-order valence-electron chi connectivity index (χ0n) is 17.7. The first-order valence-electron chi connectivity index (χ1n) is 11.4. The molecule has 30 heavy (non-hydrogen) atoms. The molecule has 1 aliphatic carbocycles. The summed E-state index contributed by atoms with van der Waals surface area (Å²) in [6.45, 7) is 5.11. The summed E-state index contributed by atoms with van der Waals surface area (Å²) >= 11 is 0. The highest BCUT2D eigenvalue weighted by Crippen LogP contribution is 2.27. The monoisotopic (exact) mass is 401 g/mol. The van der Waals surface area contributed by atoms with Gasteiger partial charge >= 0.3 is 0 Å². The van der Waals surface area contributed by atoms with Crippen LogP contribution in [0, 0.1) is 0 Å². The smallest absolute Gasteiger partial charge is 0.120 e.